The number of aromatic nitrogens is 3. The molecule has 0 aromatic carbocycles. The minimum atomic E-state index is 0.0208. The molecule has 2 aliphatic rings. The highest BCUT2D eigenvalue weighted by molar-refractivity contribution is 7.99. The standard InChI is InChI=1S/C10H14N4OS/c15-10(9-11-6-12-13-9)14-7-2-1-3-8(14)5-16-4-7/h6-8H,1-5H2,(H,11,12,13). The third kappa shape index (κ3) is 1.61. The monoisotopic (exact) mass is 238 g/mol. The van der Waals surface area contributed by atoms with Crippen LogP contribution in [0, 0.1) is 0 Å². The van der Waals surface area contributed by atoms with Crippen LogP contribution >= 0.6 is 11.8 Å². The number of carbonyl (C=O) groups is 1. The summed E-state index contributed by atoms with van der Waals surface area (Å²) in [6, 6.07) is 0.796. The molecule has 1 aromatic heterocycles. The summed E-state index contributed by atoms with van der Waals surface area (Å²) in [5.74, 6) is 2.53. The predicted octanol–water partition coefficient (Wildman–Crippen LogP) is 0.915. The Bertz CT molecular complexity index is 358. The molecular weight excluding hydrogens is 224 g/mol. The van der Waals surface area contributed by atoms with Gasteiger partial charge in [0.2, 0.25) is 5.82 Å². The van der Waals surface area contributed by atoms with Crippen LogP contribution in [0.1, 0.15) is 29.9 Å². The zero-order valence-corrected chi connectivity index (χ0v) is 9.74. The molecule has 16 heavy (non-hydrogen) atoms. The van der Waals surface area contributed by atoms with E-state index in [1.807, 2.05) is 16.7 Å². The minimum absolute atomic E-state index is 0.0208. The van der Waals surface area contributed by atoms with Gasteiger partial charge in [0.05, 0.1) is 0 Å². The van der Waals surface area contributed by atoms with Crippen LogP contribution in [0.4, 0.5) is 0 Å². The van der Waals surface area contributed by atoms with Gasteiger partial charge < -0.3 is 4.90 Å². The second kappa shape index (κ2) is 4.08. The van der Waals surface area contributed by atoms with Crippen molar-refractivity contribution in [1.82, 2.24) is 20.1 Å². The van der Waals surface area contributed by atoms with Crippen LogP contribution in [0.2, 0.25) is 0 Å². The van der Waals surface area contributed by atoms with Crippen molar-refractivity contribution in [2.75, 3.05) is 11.5 Å². The summed E-state index contributed by atoms with van der Waals surface area (Å²) in [6.45, 7) is 0. The first kappa shape index (κ1) is 10.1. The van der Waals surface area contributed by atoms with Gasteiger partial charge in [-0.3, -0.25) is 9.89 Å². The zero-order valence-electron chi connectivity index (χ0n) is 8.93. The summed E-state index contributed by atoms with van der Waals surface area (Å²) in [6.07, 6.45) is 4.89. The van der Waals surface area contributed by atoms with Gasteiger partial charge in [-0.1, -0.05) is 0 Å². The van der Waals surface area contributed by atoms with E-state index >= 15 is 0 Å². The van der Waals surface area contributed by atoms with Crippen LogP contribution in [0.5, 0.6) is 0 Å². The van der Waals surface area contributed by atoms with Crippen molar-refractivity contribution in [3.63, 3.8) is 0 Å². The maximum absolute atomic E-state index is 12.3. The van der Waals surface area contributed by atoms with Gasteiger partial charge in [-0.05, 0) is 19.3 Å². The Kier molecular flexibility index (Phi) is 2.59. The number of hydrogen-bond acceptors (Lipinski definition) is 4. The molecule has 2 saturated heterocycles. The van der Waals surface area contributed by atoms with E-state index < -0.39 is 0 Å². The van der Waals surface area contributed by atoms with Gasteiger partial charge in [-0.2, -0.15) is 16.9 Å². The van der Waals surface area contributed by atoms with Gasteiger partial charge in [0.1, 0.15) is 6.33 Å². The van der Waals surface area contributed by atoms with Crippen molar-refractivity contribution in [1.29, 1.82) is 0 Å². The second-order valence-corrected chi connectivity index (χ2v) is 5.40. The number of H-pyrrole nitrogens is 1. The molecule has 2 atom stereocenters. The molecule has 1 aromatic rings. The Morgan fingerprint density at radius 2 is 2.19 bits per heavy atom. The molecule has 0 aliphatic carbocycles. The van der Waals surface area contributed by atoms with Crippen molar-refractivity contribution in [3.8, 4) is 0 Å². The van der Waals surface area contributed by atoms with E-state index in [2.05, 4.69) is 15.2 Å². The molecule has 1 N–H and O–H groups in total. The number of rotatable bonds is 1. The first-order chi connectivity index (χ1) is 7.86. The van der Waals surface area contributed by atoms with Crippen molar-refractivity contribution < 1.29 is 4.79 Å². The molecule has 5 nitrogen and oxygen atoms in total. The third-order valence-electron chi connectivity index (χ3n) is 3.33. The lowest BCUT2D eigenvalue weighted by atomic mass is 9.96. The molecule has 2 fully saturated rings. The lowest BCUT2D eigenvalue weighted by molar-refractivity contribution is 0.0496. The van der Waals surface area contributed by atoms with E-state index in [9.17, 15) is 4.79 Å². The molecule has 2 unspecified atom stereocenters. The van der Waals surface area contributed by atoms with Crippen LogP contribution in [-0.4, -0.2) is 49.6 Å². The number of thioether (sulfide) groups is 1. The SMILES string of the molecule is O=C(c1ncn[nH]1)N1C2CCCC1CSC2. The number of hydrogen-bond donors (Lipinski definition) is 1. The lowest BCUT2D eigenvalue weighted by Gasteiger charge is -2.45. The number of nitrogens with zero attached hydrogens (tertiary/aromatic N) is 3. The molecule has 3 heterocycles. The smallest absolute Gasteiger partial charge is 0.291 e. The van der Waals surface area contributed by atoms with Crippen LogP contribution in [0.15, 0.2) is 6.33 Å². The summed E-state index contributed by atoms with van der Waals surface area (Å²) in [5.41, 5.74) is 0. The Balaban J connectivity index is 1.85. The van der Waals surface area contributed by atoms with Crippen LogP contribution in [0.3, 0.4) is 0 Å². The zero-order chi connectivity index (χ0) is 11.0. The molecule has 86 valence electrons. The Morgan fingerprint density at radius 1 is 1.44 bits per heavy atom. The highest BCUT2D eigenvalue weighted by Gasteiger charge is 2.38. The van der Waals surface area contributed by atoms with E-state index in [0.29, 0.717) is 17.9 Å². The number of piperidine rings is 1. The molecule has 6 heteroatoms. The number of fused-ring (bicyclic) bond motifs is 2. The van der Waals surface area contributed by atoms with Crippen LogP contribution in [0.25, 0.3) is 0 Å². The minimum Gasteiger partial charge on any atom is -0.328 e. The fraction of sp³-hybridized carbons (Fsp3) is 0.700. The maximum atomic E-state index is 12.3. The topological polar surface area (TPSA) is 61.9 Å². The third-order valence-corrected chi connectivity index (χ3v) is 4.58. The Morgan fingerprint density at radius 3 is 2.81 bits per heavy atom. The molecule has 0 spiro atoms. The Labute approximate surface area is 98.0 Å². The van der Waals surface area contributed by atoms with Crippen molar-refractivity contribution in [2.45, 2.75) is 31.3 Å². The molecular formula is C10H14N4OS. The molecule has 0 saturated carbocycles. The van der Waals surface area contributed by atoms with Gasteiger partial charge in [0, 0.05) is 23.6 Å². The highest BCUT2D eigenvalue weighted by Crippen LogP contribution is 2.33. The van der Waals surface area contributed by atoms with Crippen LogP contribution < -0.4 is 0 Å². The first-order valence-electron chi connectivity index (χ1n) is 5.62. The Hall–Kier alpha value is -1.04. The molecule has 3 rings (SSSR count). The second-order valence-electron chi connectivity index (χ2n) is 4.32. The predicted molar refractivity (Wildman–Crippen MR) is 61.3 cm³/mol. The highest BCUT2D eigenvalue weighted by atomic mass is 32.2. The summed E-state index contributed by atoms with van der Waals surface area (Å²) >= 11 is 1.97. The first-order valence-corrected chi connectivity index (χ1v) is 6.77. The average Bonchev–Trinajstić information content (AvgIpc) is 2.80. The number of amides is 1. The quantitative estimate of drug-likeness (QED) is 0.790. The van der Waals surface area contributed by atoms with Crippen molar-refractivity contribution >= 4 is 17.7 Å². The summed E-state index contributed by atoms with van der Waals surface area (Å²) < 4.78 is 0. The molecule has 2 bridgehead atoms. The normalized spacial score (nSPS) is 29.1. The van der Waals surface area contributed by atoms with Crippen molar-refractivity contribution in [3.05, 3.63) is 12.2 Å². The largest absolute Gasteiger partial charge is 0.328 e. The van der Waals surface area contributed by atoms with Gasteiger partial charge in [-0.25, -0.2) is 4.98 Å². The number of carbonyl (C=O) groups excluding carboxylic acids is 1. The maximum Gasteiger partial charge on any atom is 0.291 e. The van der Waals surface area contributed by atoms with E-state index in [-0.39, 0.29) is 5.91 Å². The summed E-state index contributed by atoms with van der Waals surface area (Å²) in [5, 5.41) is 6.41. The van der Waals surface area contributed by atoms with E-state index in [4.69, 9.17) is 0 Å². The van der Waals surface area contributed by atoms with Crippen molar-refractivity contribution in [2.24, 2.45) is 0 Å². The molecule has 1 amide bonds. The number of aromatic amines is 1. The van der Waals surface area contributed by atoms with Gasteiger partial charge in [0.15, 0.2) is 0 Å². The van der Waals surface area contributed by atoms with Gasteiger partial charge in [0.25, 0.3) is 5.91 Å². The fourth-order valence-corrected chi connectivity index (χ4v) is 3.93. The van der Waals surface area contributed by atoms with E-state index in [1.165, 1.54) is 12.7 Å². The van der Waals surface area contributed by atoms with Crippen LogP contribution in [-0.2, 0) is 0 Å². The molecule has 2 aliphatic heterocycles. The van der Waals surface area contributed by atoms with E-state index in [1.54, 1.807) is 0 Å². The summed E-state index contributed by atoms with van der Waals surface area (Å²) in [7, 11) is 0. The van der Waals surface area contributed by atoms with E-state index in [0.717, 1.165) is 24.3 Å². The average molecular weight is 238 g/mol. The van der Waals surface area contributed by atoms with Gasteiger partial charge in [-0.15, -0.1) is 0 Å². The fourth-order valence-electron chi connectivity index (χ4n) is 2.60. The number of nitrogens with one attached hydrogen (secondary N) is 1. The lowest BCUT2D eigenvalue weighted by Crippen LogP contribution is -2.55. The molecule has 0 radical (unpaired) electrons. The van der Waals surface area contributed by atoms with Gasteiger partial charge >= 0.3 is 0 Å². The summed E-state index contributed by atoms with van der Waals surface area (Å²) in [4.78, 5) is 18.2.